The van der Waals surface area contributed by atoms with E-state index in [9.17, 15) is 0 Å². The van der Waals surface area contributed by atoms with Crippen LogP contribution in [-0.4, -0.2) is 36.3 Å². The van der Waals surface area contributed by atoms with Gasteiger partial charge in [-0.2, -0.15) is 0 Å². The van der Waals surface area contributed by atoms with E-state index in [0.29, 0.717) is 6.54 Å². The van der Waals surface area contributed by atoms with E-state index in [2.05, 4.69) is 20.6 Å². The Morgan fingerprint density at radius 3 is 2.60 bits per heavy atom. The largest absolute Gasteiger partial charge is 0.377 e. The van der Waals surface area contributed by atoms with Gasteiger partial charge in [-0.15, -0.1) is 0 Å². The minimum Gasteiger partial charge on any atom is -0.377 e. The van der Waals surface area contributed by atoms with Crippen LogP contribution in [0.1, 0.15) is 13.8 Å². The van der Waals surface area contributed by atoms with Crippen LogP contribution in [0.4, 0.5) is 11.6 Å². The highest BCUT2D eigenvalue weighted by atomic mass is 16.5. The van der Waals surface area contributed by atoms with Gasteiger partial charge in [0.1, 0.15) is 11.6 Å². The van der Waals surface area contributed by atoms with Gasteiger partial charge in [0.25, 0.3) is 0 Å². The van der Waals surface area contributed by atoms with Crippen LogP contribution in [0, 0.1) is 0 Å². The maximum Gasteiger partial charge on any atom is 0.147 e. The summed E-state index contributed by atoms with van der Waals surface area (Å²) in [6.07, 6.45) is 3.36. The van der Waals surface area contributed by atoms with Gasteiger partial charge in [-0.3, -0.25) is 4.98 Å². The predicted octanol–water partition coefficient (Wildman–Crippen LogP) is 1.36. The molecule has 0 amide bonds. The standard InChI is InChI=1S/C10H18N4O/c1-10(2,15-4)7-13-9-6-12-5-8(11-3)14-9/h5-6H,7H2,1-4H3,(H2,11,13,14). The first-order valence-corrected chi connectivity index (χ1v) is 4.86. The fourth-order valence-electron chi connectivity index (χ4n) is 0.947. The van der Waals surface area contributed by atoms with Gasteiger partial charge in [0.2, 0.25) is 0 Å². The minimum absolute atomic E-state index is 0.211. The van der Waals surface area contributed by atoms with Crippen molar-refractivity contribution in [1.82, 2.24) is 9.97 Å². The van der Waals surface area contributed by atoms with Crippen molar-refractivity contribution in [2.45, 2.75) is 19.4 Å². The maximum absolute atomic E-state index is 5.29. The van der Waals surface area contributed by atoms with Crippen molar-refractivity contribution in [3.05, 3.63) is 12.4 Å². The van der Waals surface area contributed by atoms with Crippen LogP contribution in [0.3, 0.4) is 0 Å². The summed E-state index contributed by atoms with van der Waals surface area (Å²) in [7, 11) is 3.50. The molecule has 0 aromatic carbocycles. The molecule has 0 aliphatic heterocycles. The molecule has 0 radical (unpaired) electrons. The second kappa shape index (κ2) is 4.93. The second-order valence-corrected chi connectivity index (χ2v) is 3.86. The molecule has 0 saturated heterocycles. The van der Waals surface area contributed by atoms with Gasteiger partial charge in [0.15, 0.2) is 0 Å². The van der Waals surface area contributed by atoms with Gasteiger partial charge in [-0.1, -0.05) is 0 Å². The highest BCUT2D eigenvalue weighted by Gasteiger charge is 2.15. The highest BCUT2D eigenvalue weighted by molar-refractivity contribution is 5.41. The number of ether oxygens (including phenoxy) is 1. The third kappa shape index (κ3) is 3.71. The Kier molecular flexibility index (Phi) is 3.85. The number of aromatic nitrogens is 2. The van der Waals surface area contributed by atoms with E-state index in [0.717, 1.165) is 11.6 Å². The average molecular weight is 210 g/mol. The molecule has 5 heteroatoms. The van der Waals surface area contributed by atoms with Crippen LogP contribution in [0.2, 0.25) is 0 Å². The molecule has 15 heavy (non-hydrogen) atoms. The second-order valence-electron chi connectivity index (χ2n) is 3.86. The monoisotopic (exact) mass is 210 g/mol. The van der Waals surface area contributed by atoms with E-state index < -0.39 is 0 Å². The smallest absolute Gasteiger partial charge is 0.147 e. The van der Waals surface area contributed by atoms with Crippen molar-refractivity contribution in [1.29, 1.82) is 0 Å². The zero-order valence-electron chi connectivity index (χ0n) is 9.66. The fourth-order valence-corrected chi connectivity index (χ4v) is 0.947. The number of nitrogens with one attached hydrogen (secondary N) is 2. The van der Waals surface area contributed by atoms with Gasteiger partial charge < -0.3 is 15.4 Å². The van der Waals surface area contributed by atoms with Gasteiger partial charge in [-0.05, 0) is 13.8 Å². The lowest BCUT2D eigenvalue weighted by Crippen LogP contribution is -2.32. The van der Waals surface area contributed by atoms with Crippen molar-refractivity contribution < 1.29 is 4.74 Å². The SMILES string of the molecule is CNc1cncc(NCC(C)(C)OC)n1. The summed E-state index contributed by atoms with van der Waals surface area (Å²) in [4.78, 5) is 8.34. The molecule has 0 aliphatic rings. The third-order valence-corrected chi connectivity index (χ3v) is 2.14. The Morgan fingerprint density at radius 2 is 2.00 bits per heavy atom. The first kappa shape index (κ1) is 11.7. The maximum atomic E-state index is 5.29. The molecule has 5 nitrogen and oxygen atoms in total. The summed E-state index contributed by atoms with van der Waals surface area (Å²) in [6.45, 7) is 4.70. The van der Waals surface area contributed by atoms with Gasteiger partial charge in [-0.25, -0.2) is 4.98 Å². The molecule has 2 N–H and O–H groups in total. The van der Waals surface area contributed by atoms with E-state index in [1.165, 1.54) is 0 Å². The number of hydrogen-bond acceptors (Lipinski definition) is 5. The minimum atomic E-state index is -0.211. The van der Waals surface area contributed by atoms with Crippen LogP contribution in [-0.2, 0) is 4.74 Å². The lowest BCUT2D eigenvalue weighted by molar-refractivity contribution is 0.0343. The number of rotatable bonds is 5. The molecule has 1 aromatic heterocycles. The lowest BCUT2D eigenvalue weighted by atomic mass is 10.1. The summed E-state index contributed by atoms with van der Waals surface area (Å²) in [6, 6.07) is 0. The molecule has 0 aliphatic carbocycles. The fraction of sp³-hybridized carbons (Fsp3) is 0.600. The Morgan fingerprint density at radius 1 is 1.33 bits per heavy atom. The van der Waals surface area contributed by atoms with Crippen molar-refractivity contribution in [2.24, 2.45) is 0 Å². The van der Waals surface area contributed by atoms with E-state index in [1.807, 2.05) is 20.9 Å². The molecule has 0 unspecified atom stereocenters. The van der Waals surface area contributed by atoms with Crippen molar-refractivity contribution >= 4 is 11.6 Å². The van der Waals surface area contributed by atoms with Crippen LogP contribution >= 0.6 is 0 Å². The first-order valence-electron chi connectivity index (χ1n) is 4.86. The summed E-state index contributed by atoms with van der Waals surface area (Å²) < 4.78 is 5.29. The molecule has 0 spiro atoms. The number of anilines is 2. The Bertz CT molecular complexity index is 314. The molecule has 1 heterocycles. The van der Waals surface area contributed by atoms with E-state index in [-0.39, 0.29) is 5.60 Å². The van der Waals surface area contributed by atoms with Crippen LogP contribution < -0.4 is 10.6 Å². The molecule has 0 fully saturated rings. The third-order valence-electron chi connectivity index (χ3n) is 2.14. The van der Waals surface area contributed by atoms with Crippen molar-refractivity contribution in [2.75, 3.05) is 31.3 Å². The molecule has 1 aromatic rings. The molecule has 84 valence electrons. The lowest BCUT2D eigenvalue weighted by Gasteiger charge is -2.23. The molecule has 0 saturated carbocycles. The molecule has 1 rings (SSSR count). The summed E-state index contributed by atoms with van der Waals surface area (Å²) in [5.74, 6) is 1.49. The topological polar surface area (TPSA) is 59.1 Å². The normalized spacial score (nSPS) is 11.2. The Balaban J connectivity index is 2.57. The molecule has 0 bridgehead atoms. The zero-order valence-corrected chi connectivity index (χ0v) is 9.66. The van der Waals surface area contributed by atoms with Gasteiger partial charge in [0, 0.05) is 20.7 Å². The number of methoxy groups -OCH3 is 1. The van der Waals surface area contributed by atoms with Crippen LogP contribution in [0.5, 0.6) is 0 Å². The zero-order chi connectivity index (χ0) is 11.3. The van der Waals surface area contributed by atoms with E-state index in [1.54, 1.807) is 19.5 Å². The Labute approximate surface area is 90.3 Å². The van der Waals surface area contributed by atoms with Gasteiger partial charge >= 0.3 is 0 Å². The van der Waals surface area contributed by atoms with Crippen LogP contribution in [0.25, 0.3) is 0 Å². The summed E-state index contributed by atoms with van der Waals surface area (Å²) in [5, 5.41) is 6.11. The van der Waals surface area contributed by atoms with E-state index >= 15 is 0 Å². The summed E-state index contributed by atoms with van der Waals surface area (Å²) in [5.41, 5.74) is -0.211. The van der Waals surface area contributed by atoms with Crippen LogP contribution in [0.15, 0.2) is 12.4 Å². The van der Waals surface area contributed by atoms with Crippen molar-refractivity contribution in [3.8, 4) is 0 Å². The quantitative estimate of drug-likeness (QED) is 0.768. The first-order chi connectivity index (χ1) is 7.07. The summed E-state index contributed by atoms with van der Waals surface area (Å²) >= 11 is 0. The van der Waals surface area contributed by atoms with Crippen molar-refractivity contribution in [3.63, 3.8) is 0 Å². The Hall–Kier alpha value is -1.36. The number of nitrogens with zero attached hydrogens (tertiary/aromatic N) is 2. The highest BCUT2D eigenvalue weighted by Crippen LogP contribution is 2.10. The van der Waals surface area contributed by atoms with E-state index in [4.69, 9.17) is 4.74 Å². The molecule has 0 atom stereocenters. The molecular formula is C10H18N4O. The average Bonchev–Trinajstić information content (AvgIpc) is 2.27. The number of hydrogen-bond donors (Lipinski definition) is 2. The van der Waals surface area contributed by atoms with Gasteiger partial charge in [0.05, 0.1) is 18.0 Å². The molecular weight excluding hydrogens is 192 g/mol. The predicted molar refractivity (Wildman–Crippen MR) is 61.2 cm³/mol.